The number of nitrogens with zero attached hydrogens (tertiary/aromatic N) is 1. The molecule has 2 aromatic rings. The van der Waals surface area contributed by atoms with Crippen LogP contribution in [-0.2, 0) is 0 Å². The zero-order valence-electron chi connectivity index (χ0n) is 9.95. The van der Waals surface area contributed by atoms with Gasteiger partial charge in [-0.3, -0.25) is 4.79 Å². The van der Waals surface area contributed by atoms with Crippen LogP contribution in [0.25, 0.3) is 0 Å². The van der Waals surface area contributed by atoms with Gasteiger partial charge in [-0.15, -0.1) is 0 Å². The van der Waals surface area contributed by atoms with E-state index in [1.807, 2.05) is 6.07 Å². The number of carbonyl (C=O) groups excluding carboxylic acids is 1. The van der Waals surface area contributed by atoms with E-state index in [-0.39, 0.29) is 16.8 Å². The van der Waals surface area contributed by atoms with Gasteiger partial charge in [0.25, 0.3) is 5.91 Å². The second-order valence-electron chi connectivity index (χ2n) is 3.85. The highest BCUT2D eigenvalue weighted by Crippen LogP contribution is 2.24. The Hall–Kier alpha value is -1.90. The van der Waals surface area contributed by atoms with Gasteiger partial charge >= 0.3 is 0 Å². The van der Waals surface area contributed by atoms with E-state index in [1.165, 1.54) is 30.3 Å². The largest absolute Gasteiger partial charge is 0.321 e. The van der Waals surface area contributed by atoms with E-state index in [0.717, 1.165) is 0 Å². The van der Waals surface area contributed by atoms with Gasteiger partial charge in [-0.1, -0.05) is 17.7 Å². The third kappa shape index (κ3) is 2.98. The van der Waals surface area contributed by atoms with Crippen molar-refractivity contribution < 1.29 is 9.18 Å². The SMILES string of the molecule is N#Cc1ccc(Cl)cc1NC(=O)c1c(F)cccc1Br. The molecule has 0 saturated heterocycles. The number of anilines is 1. The number of halogens is 3. The normalized spacial score (nSPS) is 9.90. The van der Waals surface area contributed by atoms with Crippen molar-refractivity contribution in [2.75, 3.05) is 5.32 Å². The first kappa shape index (κ1) is 14.5. The lowest BCUT2D eigenvalue weighted by Gasteiger charge is -2.09. The molecule has 0 atom stereocenters. The van der Waals surface area contributed by atoms with Crippen molar-refractivity contribution in [2.24, 2.45) is 0 Å². The number of amides is 1. The Morgan fingerprint density at radius 3 is 2.75 bits per heavy atom. The molecule has 2 aromatic carbocycles. The summed E-state index contributed by atoms with van der Waals surface area (Å²) in [6.07, 6.45) is 0. The molecule has 2 rings (SSSR count). The second kappa shape index (κ2) is 6.04. The summed E-state index contributed by atoms with van der Waals surface area (Å²) in [5.41, 5.74) is 0.353. The van der Waals surface area contributed by atoms with Gasteiger partial charge in [0.2, 0.25) is 0 Å². The average molecular weight is 354 g/mol. The van der Waals surface area contributed by atoms with E-state index < -0.39 is 11.7 Å². The topological polar surface area (TPSA) is 52.9 Å². The molecule has 3 nitrogen and oxygen atoms in total. The summed E-state index contributed by atoms with van der Waals surface area (Å²) in [5.74, 6) is -1.31. The van der Waals surface area contributed by atoms with Crippen LogP contribution < -0.4 is 5.32 Å². The Morgan fingerprint density at radius 1 is 1.35 bits per heavy atom. The molecule has 1 amide bonds. The number of hydrogen-bond acceptors (Lipinski definition) is 2. The monoisotopic (exact) mass is 352 g/mol. The molecule has 0 spiro atoms. The Morgan fingerprint density at radius 2 is 2.10 bits per heavy atom. The lowest BCUT2D eigenvalue weighted by Crippen LogP contribution is -2.15. The Labute approximate surface area is 128 Å². The molecule has 0 heterocycles. The molecule has 0 saturated carbocycles. The maximum absolute atomic E-state index is 13.7. The summed E-state index contributed by atoms with van der Waals surface area (Å²) in [6.45, 7) is 0. The smallest absolute Gasteiger partial charge is 0.259 e. The van der Waals surface area contributed by atoms with Crippen molar-refractivity contribution in [3.05, 3.63) is 62.8 Å². The average Bonchev–Trinajstić information content (AvgIpc) is 2.38. The fourth-order valence-electron chi connectivity index (χ4n) is 1.62. The molecule has 0 radical (unpaired) electrons. The predicted molar refractivity (Wildman–Crippen MR) is 78.2 cm³/mol. The number of nitriles is 1. The minimum absolute atomic E-state index is 0.128. The van der Waals surface area contributed by atoms with Crippen LogP contribution in [0.2, 0.25) is 5.02 Å². The minimum Gasteiger partial charge on any atom is -0.321 e. The maximum atomic E-state index is 13.7. The van der Waals surface area contributed by atoms with Gasteiger partial charge in [0, 0.05) is 9.50 Å². The Bertz CT molecular complexity index is 707. The van der Waals surface area contributed by atoms with Gasteiger partial charge in [0.15, 0.2) is 0 Å². The van der Waals surface area contributed by atoms with Gasteiger partial charge in [0.1, 0.15) is 11.9 Å². The number of carbonyl (C=O) groups is 1. The molecule has 0 fully saturated rings. The van der Waals surface area contributed by atoms with Crippen molar-refractivity contribution >= 4 is 39.1 Å². The number of nitrogens with one attached hydrogen (secondary N) is 1. The third-order valence-corrected chi connectivity index (χ3v) is 3.44. The lowest BCUT2D eigenvalue weighted by molar-refractivity contribution is 0.102. The zero-order valence-corrected chi connectivity index (χ0v) is 12.3. The first-order valence-corrected chi connectivity index (χ1v) is 6.65. The Balaban J connectivity index is 2.38. The lowest BCUT2D eigenvalue weighted by atomic mass is 10.1. The molecule has 0 unspecified atom stereocenters. The highest BCUT2D eigenvalue weighted by Gasteiger charge is 2.16. The van der Waals surface area contributed by atoms with Crippen LogP contribution in [0.5, 0.6) is 0 Å². The molecule has 0 aromatic heterocycles. The van der Waals surface area contributed by atoms with Gasteiger partial charge < -0.3 is 5.32 Å². The van der Waals surface area contributed by atoms with Crippen LogP contribution in [0.4, 0.5) is 10.1 Å². The first-order valence-electron chi connectivity index (χ1n) is 5.48. The van der Waals surface area contributed by atoms with Crippen molar-refractivity contribution in [3.8, 4) is 6.07 Å². The van der Waals surface area contributed by atoms with Gasteiger partial charge in [-0.25, -0.2) is 4.39 Å². The first-order chi connectivity index (χ1) is 9.52. The second-order valence-corrected chi connectivity index (χ2v) is 5.14. The van der Waals surface area contributed by atoms with E-state index in [2.05, 4.69) is 21.2 Å². The molecule has 0 aliphatic rings. The molecule has 0 aliphatic carbocycles. The van der Waals surface area contributed by atoms with Crippen LogP contribution in [0.1, 0.15) is 15.9 Å². The quantitative estimate of drug-likeness (QED) is 0.872. The van der Waals surface area contributed by atoms with E-state index in [9.17, 15) is 9.18 Å². The summed E-state index contributed by atoms with van der Waals surface area (Å²) in [6, 6.07) is 10.6. The van der Waals surface area contributed by atoms with Crippen molar-refractivity contribution in [1.29, 1.82) is 5.26 Å². The van der Waals surface area contributed by atoms with Crippen LogP contribution in [0.3, 0.4) is 0 Å². The van der Waals surface area contributed by atoms with Gasteiger partial charge in [-0.2, -0.15) is 5.26 Å². The third-order valence-electron chi connectivity index (χ3n) is 2.54. The van der Waals surface area contributed by atoms with E-state index >= 15 is 0 Å². The standard InChI is InChI=1S/C14H7BrClFN2O/c15-10-2-1-3-11(17)13(10)14(20)19-12-6-9(16)5-4-8(12)7-18/h1-6H,(H,19,20). The molecular weight excluding hydrogens is 347 g/mol. The van der Waals surface area contributed by atoms with Crippen molar-refractivity contribution in [3.63, 3.8) is 0 Å². The highest BCUT2D eigenvalue weighted by atomic mass is 79.9. The molecule has 6 heteroatoms. The van der Waals surface area contributed by atoms with Crippen LogP contribution in [0.15, 0.2) is 40.9 Å². The fourth-order valence-corrected chi connectivity index (χ4v) is 2.31. The van der Waals surface area contributed by atoms with Crippen molar-refractivity contribution in [1.82, 2.24) is 0 Å². The van der Waals surface area contributed by atoms with Crippen LogP contribution in [0, 0.1) is 17.1 Å². The molecule has 20 heavy (non-hydrogen) atoms. The van der Waals surface area contributed by atoms with Crippen LogP contribution in [-0.4, -0.2) is 5.91 Å². The van der Waals surface area contributed by atoms with Crippen molar-refractivity contribution in [2.45, 2.75) is 0 Å². The number of hydrogen-bond donors (Lipinski definition) is 1. The Kier molecular flexibility index (Phi) is 4.38. The van der Waals surface area contributed by atoms with Gasteiger partial charge in [-0.05, 0) is 46.3 Å². The molecule has 100 valence electrons. The minimum atomic E-state index is -0.659. The summed E-state index contributed by atoms with van der Waals surface area (Å²) in [7, 11) is 0. The summed E-state index contributed by atoms with van der Waals surface area (Å²) in [4.78, 5) is 12.1. The maximum Gasteiger partial charge on any atom is 0.259 e. The summed E-state index contributed by atoms with van der Waals surface area (Å²) < 4.78 is 14.0. The summed E-state index contributed by atoms with van der Waals surface area (Å²) >= 11 is 8.94. The van der Waals surface area contributed by atoms with E-state index in [4.69, 9.17) is 16.9 Å². The highest BCUT2D eigenvalue weighted by molar-refractivity contribution is 9.10. The van der Waals surface area contributed by atoms with E-state index in [0.29, 0.717) is 9.50 Å². The number of rotatable bonds is 2. The summed E-state index contributed by atoms with van der Waals surface area (Å²) in [5, 5.41) is 11.8. The molecule has 0 aliphatic heterocycles. The number of benzene rings is 2. The molecule has 1 N–H and O–H groups in total. The zero-order chi connectivity index (χ0) is 14.7. The molecular formula is C14H7BrClFN2O. The van der Waals surface area contributed by atoms with E-state index in [1.54, 1.807) is 6.07 Å². The molecule has 0 bridgehead atoms. The fraction of sp³-hybridized carbons (Fsp3) is 0. The van der Waals surface area contributed by atoms with Crippen LogP contribution >= 0.6 is 27.5 Å². The predicted octanol–water partition coefficient (Wildman–Crippen LogP) is 4.37. The van der Waals surface area contributed by atoms with Gasteiger partial charge in [0.05, 0.1) is 16.8 Å².